The fourth-order valence-electron chi connectivity index (χ4n) is 5.14. The van der Waals surface area contributed by atoms with Gasteiger partial charge in [-0.15, -0.1) is 0 Å². The van der Waals surface area contributed by atoms with Crippen LogP contribution in [0.4, 0.5) is 16.2 Å². The smallest absolute Gasteiger partial charge is 0.286 e. The van der Waals surface area contributed by atoms with Gasteiger partial charge < -0.3 is 19.3 Å². The molecule has 4 aromatic carbocycles. The first kappa shape index (κ1) is 28.4. The van der Waals surface area contributed by atoms with Crippen LogP contribution in [0.5, 0.6) is 11.5 Å². The maximum absolute atomic E-state index is 13.5. The lowest BCUT2D eigenvalue weighted by atomic mass is 10.1. The van der Waals surface area contributed by atoms with Crippen molar-refractivity contribution in [1.29, 1.82) is 0 Å². The number of benzene rings is 4. The quantitative estimate of drug-likeness (QED) is 0.208. The Bertz CT molecular complexity index is 1600. The molecule has 8 nitrogen and oxygen atoms in total. The summed E-state index contributed by atoms with van der Waals surface area (Å²) in [7, 11) is 0. The largest absolute Gasteiger partial charge is 0.494 e. The van der Waals surface area contributed by atoms with Crippen LogP contribution in [0.3, 0.4) is 0 Å². The van der Waals surface area contributed by atoms with Gasteiger partial charge in [0.2, 0.25) is 5.91 Å². The number of anilines is 2. The van der Waals surface area contributed by atoms with E-state index in [2.05, 4.69) is 10.2 Å². The molecule has 4 aromatic rings. The predicted octanol–water partition coefficient (Wildman–Crippen LogP) is 6.18. The van der Waals surface area contributed by atoms with Crippen molar-refractivity contribution in [2.45, 2.75) is 24.7 Å². The molecule has 9 heteroatoms. The number of hydrogen-bond donors (Lipinski definition) is 1. The molecule has 1 saturated heterocycles. The average Bonchev–Trinajstić information content (AvgIpc) is 3.36. The zero-order chi connectivity index (χ0) is 29.6. The molecule has 1 unspecified atom stereocenters. The number of rotatable bonds is 11. The summed E-state index contributed by atoms with van der Waals surface area (Å²) in [5, 5.41) is 1.63. The monoisotopic (exact) mass is 593 g/mol. The molecule has 2 aliphatic rings. The van der Waals surface area contributed by atoms with Crippen LogP contribution in [0.2, 0.25) is 0 Å². The summed E-state index contributed by atoms with van der Waals surface area (Å²) in [6.45, 7) is 1.85. The standard InChI is InChI=1S/C34H31N3O5S/c38-32-31(43-34(40)35-32)20-24-12-14-27(15-13-24)41-19-7-18-36-23-37(26-10-5-2-6-11-26)30-21-28(16-17-29(30)33(36)39)42-22-25-8-3-1-4-9-25/h1-6,8-17,21,31H,7,18-20,22-23H2,(H,35,38,40). The zero-order valence-corrected chi connectivity index (χ0v) is 24.3. The molecule has 0 bridgehead atoms. The molecule has 218 valence electrons. The van der Waals surface area contributed by atoms with Gasteiger partial charge in [0.05, 0.1) is 29.8 Å². The van der Waals surface area contributed by atoms with Crippen LogP contribution in [0.1, 0.15) is 27.9 Å². The van der Waals surface area contributed by atoms with Gasteiger partial charge in [-0.1, -0.05) is 72.4 Å². The second-order valence-corrected chi connectivity index (χ2v) is 11.5. The Hall–Kier alpha value is -4.76. The van der Waals surface area contributed by atoms with Crippen LogP contribution in [-0.2, 0) is 17.8 Å². The van der Waals surface area contributed by atoms with E-state index in [9.17, 15) is 14.4 Å². The molecule has 1 fully saturated rings. The van der Waals surface area contributed by atoms with E-state index in [4.69, 9.17) is 9.47 Å². The number of fused-ring (bicyclic) bond motifs is 1. The Kier molecular flexibility index (Phi) is 8.60. The third kappa shape index (κ3) is 6.84. The van der Waals surface area contributed by atoms with Gasteiger partial charge in [0.1, 0.15) is 18.1 Å². The summed E-state index contributed by atoms with van der Waals surface area (Å²) in [6.07, 6.45) is 1.14. The van der Waals surface area contributed by atoms with Crippen LogP contribution in [0.25, 0.3) is 0 Å². The fourth-order valence-corrected chi connectivity index (χ4v) is 6.00. The molecule has 0 saturated carbocycles. The van der Waals surface area contributed by atoms with Gasteiger partial charge in [-0.2, -0.15) is 0 Å². The Balaban J connectivity index is 1.07. The highest BCUT2D eigenvalue weighted by molar-refractivity contribution is 8.15. The number of imide groups is 1. The van der Waals surface area contributed by atoms with E-state index in [-0.39, 0.29) is 17.1 Å². The number of hydrogen-bond acceptors (Lipinski definition) is 7. The molecule has 0 radical (unpaired) electrons. The van der Waals surface area contributed by atoms with Crippen LogP contribution in [0, 0.1) is 0 Å². The fraction of sp³-hybridized carbons (Fsp3) is 0.206. The normalized spacial score (nSPS) is 16.2. The molecule has 2 heterocycles. The van der Waals surface area contributed by atoms with Crippen LogP contribution < -0.4 is 19.7 Å². The van der Waals surface area contributed by atoms with Gasteiger partial charge in [-0.25, -0.2) is 0 Å². The van der Waals surface area contributed by atoms with Gasteiger partial charge in [0.15, 0.2) is 0 Å². The zero-order valence-electron chi connectivity index (χ0n) is 23.5. The SMILES string of the molecule is O=C1NC(=O)C(Cc2ccc(OCCCN3CN(c4ccccc4)c4cc(OCc5ccccc5)ccc4C3=O)cc2)S1. The lowest BCUT2D eigenvalue weighted by molar-refractivity contribution is -0.118. The van der Waals surface area contributed by atoms with E-state index in [0.29, 0.717) is 56.3 Å². The summed E-state index contributed by atoms with van der Waals surface area (Å²) in [5.41, 5.74) is 4.50. The van der Waals surface area contributed by atoms with Gasteiger partial charge in [0, 0.05) is 18.3 Å². The predicted molar refractivity (Wildman–Crippen MR) is 167 cm³/mol. The Morgan fingerprint density at radius 1 is 0.791 bits per heavy atom. The Morgan fingerprint density at radius 3 is 2.23 bits per heavy atom. The van der Waals surface area contributed by atoms with Crippen molar-refractivity contribution < 1.29 is 23.9 Å². The Morgan fingerprint density at radius 2 is 1.51 bits per heavy atom. The number of para-hydroxylation sites is 1. The Labute approximate surface area is 254 Å². The van der Waals surface area contributed by atoms with Crippen LogP contribution >= 0.6 is 11.8 Å². The second kappa shape index (κ2) is 13.0. The first-order valence-corrected chi connectivity index (χ1v) is 15.1. The number of nitrogens with one attached hydrogen (secondary N) is 1. The molecule has 0 spiro atoms. The molecule has 1 N–H and O–H groups in total. The highest BCUT2D eigenvalue weighted by Gasteiger charge is 2.32. The van der Waals surface area contributed by atoms with E-state index in [1.807, 2.05) is 108 Å². The highest BCUT2D eigenvalue weighted by atomic mass is 32.2. The molecule has 1 atom stereocenters. The van der Waals surface area contributed by atoms with Crippen LogP contribution in [-0.4, -0.2) is 47.0 Å². The highest BCUT2D eigenvalue weighted by Crippen LogP contribution is 2.36. The van der Waals surface area contributed by atoms with E-state index < -0.39 is 5.25 Å². The van der Waals surface area contributed by atoms with E-state index in [1.165, 1.54) is 0 Å². The lowest BCUT2D eigenvalue weighted by Gasteiger charge is -2.38. The van der Waals surface area contributed by atoms with Crippen LogP contribution in [0.15, 0.2) is 103 Å². The van der Waals surface area contributed by atoms with Crippen molar-refractivity contribution in [1.82, 2.24) is 10.2 Å². The van der Waals surface area contributed by atoms with Gasteiger partial charge in [-0.3, -0.25) is 19.7 Å². The molecule has 43 heavy (non-hydrogen) atoms. The summed E-state index contributed by atoms with van der Waals surface area (Å²) in [6, 6.07) is 33.2. The van der Waals surface area contributed by atoms with Gasteiger partial charge >= 0.3 is 0 Å². The minimum absolute atomic E-state index is 0.0200. The number of thioether (sulfide) groups is 1. The van der Waals surface area contributed by atoms with Crippen molar-refractivity contribution in [3.63, 3.8) is 0 Å². The molecular formula is C34H31N3O5S. The minimum Gasteiger partial charge on any atom is -0.494 e. The average molecular weight is 594 g/mol. The third-order valence-corrected chi connectivity index (χ3v) is 8.34. The van der Waals surface area contributed by atoms with Crippen molar-refractivity contribution in [3.05, 3.63) is 120 Å². The molecule has 0 aromatic heterocycles. The lowest BCUT2D eigenvalue weighted by Crippen LogP contribution is -2.45. The summed E-state index contributed by atoms with van der Waals surface area (Å²) in [5.74, 6) is 1.16. The second-order valence-electron chi connectivity index (χ2n) is 10.4. The molecule has 2 aliphatic heterocycles. The first-order valence-electron chi connectivity index (χ1n) is 14.2. The molecule has 0 aliphatic carbocycles. The number of amides is 3. The van der Waals surface area contributed by atoms with E-state index >= 15 is 0 Å². The first-order chi connectivity index (χ1) is 21.0. The maximum atomic E-state index is 13.5. The van der Waals surface area contributed by atoms with E-state index in [1.54, 1.807) is 0 Å². The summed E-state index contributed by atoms with van der Waals surface area (Å²) < 4.78 is 12.0. The summed E-state index contributed by atoms with van der Waals surface area (Å²) in [4.78, 5) is 40.8. The minimum atomic E-state index is -0.393. The van der Waals surface area contributed by atoms with Gasteiger partial charge in [-0.05, 0) is 60.4 Å². The van der Waals surface area contributed by atoms with Gasteiger partial charge in [0.25, 0.3) is 11.1 Å². The maximum Gasteiger partial charge on any atom is 0.286 e. The van der Waals surface area contributed by atoms with Crippen molar-refractivity contribution >= 4 is 40.2 Å². The third-order valence-electron chi connectivity index (χ3n) is 7.36. The van der Waals surface area contributed by atoms with Crippen molar-refractivity contribution in [2.24, 2.45) is 0 Å². The number of nitrogens with zero attached hydrogens (tertiary/aromatic N) is 2. The number of carbonyl (C=O) groups excluding carboxylic acids is 3. The summed E-state index contributed by atoms with van der Waals surface area (Å²) >= 11 is 1.03. The van der Waals surface area contributed by atoms with E-state index in [0.717, 1.165) is 34.3 Å². The number of carbonyl (C=O) groups is 3. The number of ether oxygens (including phenoxy) is 2. The topological polar surface area (TPSA) is 88.2 Å². The molecular weight excluding hydrogens is 562 g/mol. The molecule has 3 amide bonds. The molecule has 6 rings (SSSR count). The van der Waals surface area contributed by atoms with Crippen molar-refractivity contribution in [2.75, 3.05) is 24.7 Å². The van der Waals surface area contributed by atoms with Crippen molar-refractivity contribution in [3.8, 4) is 11.5 Å².